The van der Waals surface area contributed by atoms with E-state index in [1.165, 1.54) is 25.3 Å². The van der Waals surface area contributed by atoms with Gasteiger partial charge >= 0.3 is 0 Å². The Morgan fingerprint density at radius 2 is 1.71 bits per heavy atom. The summed E-state index contributed by atoms with van der Waals surface area (Å²) in [6.07, 6.45) is 0.485. The van der Waals surface area contributed by atoms with Crippen molar-refractivity contribution in [2.45, 2.75) is 27.2 Å². The molecule has 0 aromatic heterocycles. The lowest BCUT2D eigenvalue weighted by atomic mass is 9.91. The fourth-order valence-electron chi connectivity index (χ4n) is 2.74. The quantitative estimate of drug-likeness (QED) is 0.852. The van der Waals surface area contributed by atoms with Gasteiger partial charge in [0, 0.05) is 32.6 Å². The molecule has 132 valence electrons. The van der Waals surface area contributed by atoms with Gasteiger partial charge in [-0.05, 0) is 23.6 Å². The van der Waals surface area contributed by atoms with Crippen molar-refractivity contribution in [2.24, 2.45) is 5.41 Å². The number of benzene rings is 1. The second-order valence-corrected chi connectivity index (χ2v) is 7.26. The van der Waals surface area contributed by atoms with Crippen LogP contribution in [0.4, 0.5) is 4.39 Å². The zero-order valence-electron chi connectivity index (χ0n) is 14.8. The molecule has 0 unspecified atom stereocenters. The first-order valence-electron chi connectivity index (χ1n) is 8.12. The summed E-state index contributed by atoms with van der Waals surface area (Å²) >= 11 is 0. The van der Waals surface area contributed by atoms with Crippen LogP contribution in [0, 0.1) is 11.2 Å². The van der Waals surface area contributed by atoms with Crippen LogP contribution in [0.25, 0.3) is 0 Å². The molecule has 1 aromatic carbocycles. The van der Waals surface area contributed by atoms with Crippen LogP contribution in [0.15, 0.2) is 18.2 Å². The number of hydrogen-bond acceptors (Lipinski definition) is 3. The minimum absolute atomic E-state index is 0.0566. The number of ether oxygens (including phenoxy) is 1. The van der Waals surface area contributed by atoms with E-state index in [9.17, 15) is 14.0 Å². The van der Waals surface area contributed by atoms with Gasteiger partial charge in [-0.15, -0.1) is 0 Å². The van der Waals surface area contributed by atoms with E-state index in [1.54, 1.807) is 9.80 Å². The summed E-state index contributed by atoms with van der Waals surface area (Å²) in [5.41, 5.74) is 0.158. The van der Waals surface area contributed by atoms with E-state index >= 15 is 0 Å². The molecule has 2 amide bonds. The summed E-state index contributed by atoms with van der Waals surface area (Å²) in [5.74, 6) is -0.280. The van der Waals surface area contributed by atoms with Gasteiger partial charge in [0.05, 0.1) is 12.7 Å². The second kappa shape index (κ2) is 7.20. The molecule has 0 saturated carbocycles. The molecule has 0 radical (unpaired) electrons. The number of carbonyl (C=O) groups excluding carboxylic acids is 2. The minimum Gasteiger partial charge on any atom is -0.496 e. The lowest BCUT2D eigenvalue weighted by Gasteiger charge is -2.36. The third kappa shape index (κ3) is 4.46. The average Bonchev–Trinajstić information content (AvgIpc) is 2.52. The third-order valence-electron chi connectivity index (χ3n) is 3.99. The maximum absolute atomic E-state index is 13.5. The molecule has 1 aromatic rings. The first-order chi connectivity index (χ1) is 11.2. The van der Waals surface area contributed by atoms with E-state index in [0.29, 0.717) is 38.3 Å². The molecule has 5 nitrogen and oxygen atoms in total. The molecular weight excluding hydrogens is 311 g/mol. The zero-order valence-corrected chi connectivity index (χ0v) is 14.8. The lowest BCUT2D eigenvalue weighted by Crippen LogP contribution is -2.51. The number of halogens is 1. The van der Waals surface area contributed by atoms with Crippen molar-refractivity contribution in [1.82, 2.24) is 9.80 Å². The lowest BCUT2D eigenvalue weighted by molar-refractivity contribution is -0.134. The van der Waals surface area contributed by atoms with Crippen LogP contribution in [-0.4, -0.2) is 54.9 Å². The van der Waals surface area contributed by atoms with Crippen molar-refractivity contribution in [2.75, 3.05) is 33.3 Å². The molecule has 0 atom stereocenters. The zero-order chi connectivity index (χ0) is 17.9. The van der Waals surface area contributed by atoms with E-state index in [2.05, 4.69) is 0 Å². The molecule has 24 heavy (non-hydrogen) atoms. The van der Waals surface area contributed by atoms with Crippen LogP contribution in [0.1, 0.15) is 37.6 Å². The maximum Gasteiger partial charge on any atom is 0.257 e. The number of amides is 2. The summed E-state index contributed by atoms with van der Waals surface area (Å²) in [6, 6.07) is 3.91. The van der Waals surface area contributed by atoms with Gasteiger partial charge in [0.25, 0.3) is 5.91 Å². The first kappa shape index (κ1) is 18.2. The normalized spacial score (nSPS) is 15.4. The highest BCUT2D eigenvalue weighted by Crippen LogP contribution is 2.23. The number of hydrogen-bond donors (Lipinski definition) is 0. The van der Waals surface area contributed by atoms with Gasteiger partial charge in [0.15, 0.2) is 0 Å². The van der Waals surface area contributed by atoms with Crippen molar-refractivity contribution in [3.63, 3.8) is 0 Å². The Morgan fingerprint density at radius 3 is 2.25 bits per heavy atom. The Labute approximate surface area is 142 Å². The Kier molecular flexibility index (Phi) is 5.47. The van der Waals surface area contributed by atoms with Crippen molar-refractivity contribution in [3.8, 4) is 5.75 Å². The van der Waals surface area contributed by atoms with Gasteiger partial charge in [0.2, 0.25) is 5.91 Å². The van der Waals surface area contributed by atoms with Crippen LogP contribution in [-0.2, 0) is 4.79 Å². The van der Waals surface area contributed by atoms with Crippen LogP contribution in [0.2, 0.25) is 0 Å². The number of nitrogens with zero attached hydrogens (tertiary/aromatic N) is 2. The van der Waals surface area contributed by atoms with E-state index in [1.807, 2.05) is 20.8 Å². The van der Waals surface area contributed by atoms with E-state index in [4.69, 9.17) is 4.74 Å². The molecule has 0 bridgehead atoms. The van der Waals surface area contributed by atoms with Crippen molar-refractivity contribution in [1.29, 1.82) is 0 Å². The molecule has 6 heteroatoms. The number of rotatable bonds is 3. The number of methoxy groups -OCH3 is 1. The largest absolute Gasteiger partial charge is 0.496 e. The molecule has 0 aliphatic carbocycles. The fraction of sp³-hybridized carbons (Fsp3) is 0.556. The molecular formula is C18H25FN2O3. The number of carbonyl (C=O) groups is 2. The summed E-state index contributed by atoms with van der Waals surface area (Å²) in [6.45, 7) is 7.96. The SMILES string of the molecule is COc1ccc(F)cc1C(=O)N1CCN(C(=O)CC(C)(C)C)CC1. The smallest absolute Gasteiger partial charge is 0.257 e. The number of piperazine rings is 1. The van der Waals surface area contributed by atoms with Crippen molar-refractivity contribution >= 4 is 11.8 Å². The highest BCUT2D eigenvalue weighted by atomic mass is 19.1. The Hall–Kier alpha value is -2.11. The molecule has 1 aliphatic heterocycles. The molecule has 0 spiro atoms. The second-order valence-electron chi connectivity index (χ2n) is 7.26. The third-order valence-corrected chi connectivity index (χ3v) is 3.99. The highest BCUT2D eigenvalue weighted by Gasteiger charge is 2.28. The summed E-state index contributed by atoms with van der Waals surface area (Å²) in [5, 5.41) is 0. The molecule has 1 saturated heterocycles. The van der Waals surface area contributed by atoms with Crippen LogP contribution in [0.3, 0.4) is 0 Å². The molecule has 1 fully saturated rings. The van der Waals surface area contributed by atoms with Gasteiger partial charge in [-0.25, -0.2) is 4.39 Å². The predicted octanol–water partition coefficient (Wildman–Crippen LogP) is 2.55. The minimum atomic E-state index is -0.474. The van der Waals surface area contributed by atoms with Crippen molar-refractivity contribution in [3.05, 3.63) is 29.6 Å². The molecule has 0 N–H and O–H groups in total. The van der Waals surface area contributed by atoms with Crippen LogP contribution < -0.4 is 4.74 Å². The maximum atomic E-state index is 13.5. The molecule has 1 aliphatic rings. The standard InChI is InChI=1S/C18H25FN2O3/c1-18(2,3)12-16(22)20-7-9-21(10-8-20)17(23)14-11-13(19)5-6-15(14)24-4/h5-6,11H,7-10,12H2,1-4H3. The van der Waals surface area contributed by atoms with E-state index < -0.39 is 5.82 Å². The predicted molar refractivity (Wildman–Crippen MR) is 89.5 cm³/mol. The topological polar surface area (TPSA) is 49.9 Å². The van der Waals surface area contributed by atoms with E-state index in [0.717, 1.165) is 0 Å². The van der Waals surface area contributed by atoms with Gasteiger partial charge in [-0.3, -0.25) is 9.59 Å². The van der Waals surface area contributed by atoms with Crippen LogP contribution >= 0.6 is 0 Å². The van der Waals surface area contributed by atoms with Crippen molar-refractivity contribution < 1.29 is 18.7 Å². The van der Waals surface area contributed by atoms with Gasteiger partial charge in [0.1, 0.15) is 11.6 Å². The summed E-state index contributed by atoms with van der Waals surface area (Å²) in [4.78, 5) is 28.3. The van der Waals surface area contributed by atoms with Crippen LogP contribution in [0.5, 0.6) is 5.75 Å². The van der Waals surface area contributed by atoms with E-state index in [-0.39, 0.29) is 22.8 Å². The Bertz CT molecular complexity index is 617. The fourth-order valence-corrected chi connectivity index (χ4v) is 2.74. The molecule has 2 rings (SSSR count). The Balaban J connectivity index is 2.01. The van der Waals surface area contributed by atoms with Gasteiger partial charge in [-0.1, -0.05) is 20.8 Å². The Morgan fingerprint density at radius 1 is 1.12 bits per heavy atom. The summed E-state index contributed by atoms with van der Waals surface area (Å²) in [7, 11) is 1.45. The van der Waals surface area contributed by atoms with Gasteiger partial charge in [-0.2, -0.15) is 0 Å². The summed E-state index contributed by atoms with van der Waals surface area (Å²) < 4.78 is 18.6. The highest BCUT2D eigenvalue weighted by molar-refractivity contribution is 5.97. The first-order valence-corrected chi connectivity index (χ1v) is 8.12. The van der Waals surface area contributed by atoms with Gasteiger partial charge < -0.3 is 14.5 Å². The molecule has 1 heterocycles. The average molecular weight is 336 g/mol. The monoisotopic (exact) mass is 336 g/mol.